The van der Waals surface area contributed by atoms with Crippen molar-refractivity contribution in [3.63, 3.8) is 0 Å². The number of rotatable bonds is 5. The second kappa shape index (κ2) is 6.24. The van der Waals surface area contributed by atoms with Gasteiger partial charge >= 0.3 is 0 Å². The molecule has 1 amide bonds. The minimum Gasteiger partial charge on any atom is -0.393 e. The summed E-state index contributed by atoms with van der Waals surface area (Å²) in [5.41, 5.74) is 0. The zero-order chi connectivity index (χ0) is 12.1. The van der Waals surface area contributed by atoms with Gasteiger partial charge in [-0.1, -0.05) is 20.3 Å². The third kappa shape index (κ3) is 3.78. The van der Waals surface area contributed by atoms with Gasteiger partial charge in [-0.05, 0) is 38.0 Å². The van der Waals surface area contributed by atoms with E-state index in [2.05, 4.69) is 19.2 Å². The van der Waals surface area contributed by atoms with Gasteiger partial charge in [-0.2, -0.15) is 0 Å². The van der Waals surface area contributed by atoms with Crippen LogP contribution in [0.1, 0.15) is 52.9 Å². The molecule has 0 spiro atoms. The van der Waals surface area contributed by atoms with Crippen LogP contribution in [0.25, 0.3) is 0 Å². The number of carbonyl (C=O) groups excluding carboxylic acids is 1. The second-order valence-electron chi connectivity index (χ2n) is 5.17. The molecule has 3 nitrogen and oxygen atoms in total. The Kier molecular flexibility index (Phi) is 5.26. The van der Waals surface area contributed by atoms with Crippen molar-refractivity contribution < 1.29 is 9.90 Å². The van der Waals surface area contributed by atoms with Crippen molar-refractivity contribution >= 4 is 5.91 Å². The lowest BCUT2D eigenvalue weighted by Gasteiger charge is -2.21. The van der Waals surface area contributed by atoms with E-state index in [1.54, 1.807) is 6.92 Å². The Morgan fingerprint density at radius 3 is 2.69 bits per heavy atom. The zero-order valence-corrected chi connectivity index (χ0v) is 10.7. The predicted molar refractivity (Wildman–Crippen MR) is 65.0 cm³/mol. The molecular weight excluding hydrogens is 202 g/mol. The van der Waals surface area contributed by atoms with Crippen LogP contribution in [0.2, 0.25) is 0 Å². The van der Waals surface area contributed by atoms with E-state index < -0.39 is 0 Å². The number of hydrogen-bond acceptors (Lipinski definition) is 2. The molecule has 0 aliphatic heterocycles. The smallest absolute Gasteiger partial charge is 0.220 e. The molecule has 0 heterocycles. The van der Waals surface area contributed by atoms with Crippen LogP contribution in [-0.2, 0) is 4.79 Å². The summed E-state index contributed by atoms with van der Waals surface area (Å²) in [4.78, 5) is 11.6. The van der Waals surface area contributed by atoms with Crippen LogP contribution in [0.3, 0.4) is 0 Å². The monoisotopic (exact) mass is 227 g/mol. The SMILES string of the molecule is CCC1CCC(NC(=O)CCC(C)O)C1C. The standard InChI is InChI=1S/C13H25NO2/c1-4-11-6-7-12(10(11)3)14-13(16)8-5-9(2)15/h9-12,15H,4-8H2,1-3H3,(H,14,16). The van der Waals surface area contributed by atoms with Crippen LogP contribution < -0.4 is 5.32 Å². The van der Waals surface area contributed by atoms with E-state index in [0.717, 1.165) is 12.3 Å². The van der Waals surface area contributed by atoms with Gasteiger partial charge in [0.15, 0.2) is 0 Å². The molecule has 1 aliphatic carbocycles. The molecule has 1 aliphatic rings. The maximum atomic E-state index is 11.6. The van der Waals surface area contributed by atoms with Crippen molar-refractivity contribution in [3.8, 4) is 0 Å². The van der Waals surface area contributed by atoms with Crippen LogP contribution in [0.5, 0.6) is 0 Å². The van der Waals surface area contributed by atoms with Gasteiger partial charge in [0, 0.05) is 12.5 Å². The number of hydrogen-bond donors (Lipinski definition) is 2. The highest BCUT2D eigenvalue weighted by Gasteiger charge is 2.32. The highest BCUT2D eigenvalue weighted by Crippen LogP contribution is 2.33. The molecule has 4 atom stereocenters. The first-order chi connectivity index (χ1) is 7.54. The molecule has 2 N–H and O–H groups in total. The van der Waals surface area contributed by atoms with E-state index in [0.29, 0.717) is 24.8 Å². The van der Waals surface area contributed by atoms with E-state index in [4.69, 9.17) is 5.11 Å². The largest absolute Gasteiger partial charge is 0.393 e. The fourth-order valence-electron chi connectivity index (χ4n) is 2.65. The molecule has 0 radical (unpaired) electrons. The number of nitrogens with one attached hydrogen (secondary N) is 1. The van der Waals surface area contributed by atoms with E-state index in [1.165, 1.54) is 12.8 Å². The minimum absolute atomic E-state index is 0.0921. The number of carbonyl (C=O) groups is 1. The highest BCUT2D eigenvalue weighted by molar-refractivity contribution is 5.76. The first-order valence-corrected chi connectivity index (χ1v) is 6.52. The summed E-state index contributed by atoms with van der Waals surface area (Å²) < 4.78 is 0. The lowest BCUT2D eigenvalue weighted by molar-refractivity contribution is -0.122. The summed E-state index contributed by atoms with van der Waals surface area (Å²) >= 11 is 0. The maximum absolute atomic E-state index is 11.6. The minimum atomic E-state index is -0.379. The summed E-state index contributed by atoms with van der Waals surface area (Å²) in [5, 5.41) is 12.2. The van der Waals surface area contributed by atoms with E-state index >= 15 is 0 Å². The van der Waals surface area contributed by atoms with Gasteiger partial charge < -0.3 is 10.4 Å². The summed E-state index contributed by atoms with van der Waals surface area (Å²) in [6.07, 6.45) is 4.18. The van der Waals surface area contributed by atoms with Crippen LogP contribution in [0, 0.1) is 11.8 Å². The summed E-state index contributed by atoms with van der Waals surface area (Å²) in [7, 11) is 0. The summed E-state index contributed by atoms with van der Waals surface area (Å²) in [6, 6.07) is 0.353. The fraction of sp³-hybridized carbons (Fsp3) is 0.923. The highest BCUT2D eigenvalue weighted by atomic mass is 16.3. The first-order valence-electron chi connectivity index (χ1n) is 6.52. The normalized spacial score (nSPS) is 31.4. The number of aliphatic hydroxyl groups is 1. The van der Waals surface area contributed by atoms with Crippen LogP contribution >= 0.6 is 0 Å². The average Bonchev–Trinajstić information content (AvgIpc) is 2.57. The van der Waals surface area contributed by atoms with Gasteiger partial charge in [-0.15, -0.1) is 0 Å². The second-order valence-corrected chi connectivity index (χ2v) is 5.17. The molecule has 0 aromatic heterocycles. The van der Waals surface area contributed by atoms with Crippen molar-refractivity contribution in [2.24, 2.45) is 11.8 Å². The maximum Gasteiger partial charge on any atom is 0.220 e. The molecule has 3 heteroatoms. The van der Waals surface area contributed by atoms with Crippen LogP contribution in [-0.4, -0.2) is 23.2 Å². The van der Waals surface area contributed by atoms with E-state index in [1.807, 2.05) is 0 Å². The molecule has 94 valence electrons. The lowest BCUT2D eigenvalue weighted by Crippen LogP contribution is -2.37. The molecular formula is C13H25NO2. The van der Waals surface area contributed by atoms with Gasteiger partial charge in [0.05, 0.1) is 6.10 Å². The Labute approximate surface area is 98.6 Å². The average molecular weight is 227 g/mol. The van der Waals surface area contributed by atoms with Gasteiger partial charge in [0.1, 0.15) is 0 Å². The first kappa shape index (κ1) is 13.5. The third-order valence-electron chi connectivity index (χ3n) is 3.89. The van der Waals surface area contributed by atoms with Gasteiger partial charge in [-0.25, -0.2) is 0 Å². The van der Waals surface area contributed by atoms with Gasteiger partial charge in [0.2, 0.25) is 5.91 Å². The lowest BCUT2D eigenvalue weighted by atomic mass is 9.93. The van der Waals surface area contributed by atoms with Gasteiger partial charge in [0.25, 0.3) is 0 Å². The van der Waals surface area contributed by atoms with E-state index in [-0.39, 0.29) is 12.0 Å². The molecule has 0 aromatic rings. The van der Waals surface area contributed by atoms with Crippen molar-refractivity contribution in [1.29, 1.82) is 0 Å². The van der Waals surface area contributed by atoms with E-state index in [9.17, 15) is 4.79 Å². The molecule has 1 saturated carbocycles. The Bertz CT molecular complexity index is 228. The Hall–Kier alpha value is -0.570. The van der Waals surface area contributed by atoms with Gasteiger partial charge in [-0.3, -0.25) is 4.79 Å². The molecule has 16 heavy (non-hydrogen) atoms. The molecule has 1 rings (SSSR count). The molecule has 0 aromatic carbocycles. The van der Waals surface area contributed by atoms with Crippen molar-refractivity contribution in [1.82, 2.24) is 5.32 Å². The predicted octanol–water partition coefficient (Wildman–Crippen LogP) is 2.09. The topological polar surface area (TPSA) is 49.3 Å². The Balaban J connectivity index is 2.29. The fourth-order valence-corrected chi connectivity index (χ4v) is 2.65. The molecule has 1 fully saturated rings. The number of amides is 1. The van der Waals surface area contributed by atoms with Crippen molar-refractivity contribution in [3.05, 3.63) is 0 Å². The Morgan fingerprint density at radius 1 is 1.50 bits per heavy atom. The third-order valence-corrected chi connectivity index (χ3v) is 3.89. The van der Waals surface area contributed by atoms with Crippen LogP contribution in [0.4, 0.5) is 0 Å². The van der Waals surface area contributed by atoms with Crippen molar-refractivity contribution in [2.75, 3.05) is 0 Å². The van der Waals surface area contributed by atoms with Crippen LogP contribution in [0.15, 0.2) is 0 Å². The molecule has 4 unspecified atom stereocenters. The Morgan fingerprint density at radius 2 is 2.19 bits per heavy atom. The quantitative estimate of drug-likeness (QED) is 0.755. The molecule has 0 bridgehead atoms. The number of aliphatic hydroxyl groups excluding tert-OH is 1. The molecule has 0 saturated heterocycles. The zero-order valence-electron chi connectivity index (χ0n) is 10.7. The van der Waals surface area contributed by atoms with Crippen molar-refractivity contribution in [2.45, 2.75) is 65.0 Å². The summed E-state index contributed by atoms with van der Waals surface area (Å²) in [6.45, 7) is 6.18. The summed E-state index contributed by atoms with van der Waals surface area (Å²) in [5.74, 6) is 1.46.